The van der Waals surface area contributed by atoms with Crippen LogP contribution in [0.3, 0.4) is 0 Å². The Morgan fingerprint density at radius 3 is 2.50 bits per heavy atom. The lowest BCUT2D eigenvalue weighted by Crippen LogP contribution is -2.34. The zero-order valence-corrected chi connectivity index (χ0v) is 20.7. The molecule has 2 aliphatic rings. The molecule has 0 bridgehead atoms. The summed E-state index contributed by atoms with van der Waals surface area (Å²) < 4.78 is 5.09. The number of pyridine rings is 1. The van der Waals surface area contributed by atoms with Crippen LogP contribution < -0.4 is 15.1 Å². The first kappa shape index (κ1) is 24.0. The summed E-state index contributed by atoms with van der Waals surface area (Å²) >= 11 is 0. The largest absolute Gasteiger partial charge is 0.466 e. The van der Waals surface area contributed by atoms with Crippen molar-refractivity contribution in [3.05, 3.63) is 47.7 Å². The molecule has 1 aromatic carbocycles. The van der Waals surface area contributed by atoms with E-state index in [4.69, 9.17) is 4.74 Å². The average Bonchev–Trinajstić information content (AvgIpc) is 3.63. The number of nitrogens with one attached hydrogen (secondary N) is 1. The average molecular weight is 465 g/mol. The molecule has 4 rings (SSSR count). The van der Waals surface area contributed by atoms with Crippen LogP contribution in [0, 0.1) is 11.8 Å². The molecule has 2 saturated carbocycles. The fourth-order valence-electron chi connectivity index (χ4n) is 5.18. The number of rotatable bonds is 10. The molecule has 2 fully saturated rings. The summed E-state index contributed by atoms with van der Waals surface area (Å²) in [5, 5.41) is 3.32. The Balaban J connectivity index is 1.70. The molecule has 2 unspecified atom stereocenters. The minimum atomic E-state index is -0.322. The molecule has 0 aliphatic heterocycles. The molecule has 1 N–H and O–H groups in total. The maximum atomic E-state index is 13.9. The summed E-state index contributed by atoms with van der Waals surface area (Å²) in [5.41, 5.74) is 3.96. The molecule has 34 heavy (non-hydrogen) atoms. The number of nitrogens with zero attached hydrogens (tertiary/aromatic N) is 3. The lowest BCUT2D eigenvalue weighted by atomic mass is 9.67. The van der Waals surface area contributed by atoms with Crippen LogP contribution in [-0.4, -0.2) is 51.2 Å². The third-order valence-corrected chi connectivity index (χ3v) is 7.07. The number of benzene rings is 1. The smallest absolute Gasteiger partial charge is 0.307 e. The van der Waals surface area contributed by atoms with E-state index in [1.165, 1.54) is 24.8 Å². The summed E-state index contributed by atoms with van der Waals surface area (Å²) in [7, 11) is 6.02. The summed E-state index contributed by atoms with van der Waals surface area (Å²) in [6.07, 6.45) is 6.87. The fourth-order valence-corrected chi connectivity index (χ4v) is 5.18. The van der Waals surface area contributed by atoms with Crippen LogP contribution in [0.4, 0.5) is 17.2 Å². The Morgan fingerprint density at radius 1 is 1.15 bits per heavy atom. The maximum absolute atomic E-state index is 13.9. The highest BCUT2D eigenvalue weighted by molar-refractivity contribution is 6.07. The maximum Gasteiger partial charge on any atom is 0.307 e. The molecular weight excluding hydrogens is 428 g/mol. The van der Waals surface area contributed by atoms with E-state index >= 15 is 0 Å². The number of esters is 1. The van der Waals surface area contributed by atoms with Crippen LogP contribution in [0.1, 0.15) is 60.9 Å². The highest BCUT2D eigenvalue weighted by atomic mass is 16.5. The Hall–Kier alpha value is -3.09. The van der Waals surface area contributed by atoms with Gasteiger partial charge in [0, 0.05) is 39.4 Å². The van der Waals surface area contributed by atoms with Crippen molar-refractivity contribution in [2.45, 2.75) is 44.9 Å². The summed E-state index contributed by atoms with van der Waals surface area (Å²) in [6.45, 7) is 2.31. The molecule has 7 heteroatoms. The van der Waals surface area contributed by atoms with Gasteiger partial charge >= 0.3 is 5.97 Å². The van der Waals surface area contributed by atoms with Gasteiger partial charge in [-0.15, -0.1) is 0 Å². The van der Waals surface area contributed by atoms with Crippen molar-refractivity contribution in [1.29, 1.82) is 0 Å². The molecular formula is C27H36N4O3. The second kappa shape index (κ2) is 10.5. The second-order valence-electron chi connectivity index (χ2n) is 9.49. The summed E-state index contributed by atoms with van der Waals surface area (Å²) in [4.78, 5) is 34.1. The molecule has 0 spiro atoms. The predicted molar refractivity (Wildman–Crippen MR) is 136 cm³/mol. The molecule has 7 nitrogen and oxygen atoms in total. The Morgan fingerprint density at radius 2 is 1.94 bits per heavy atom. The van der Waals surface area contributed by atoms with Crippen LogP contribution in [0.5, 0.6) is 0 Å². The Bertz CT molecular complexity index is 1020. The number of anilines is 3. The van der Waals surface area contributed by atoms with E-state index in [1.54, 1.807) is 24.1 Å². The van der Waals surface area contributed by atoms with Gasteiger partial charge < -0.3 is 15.0 Å². The molecule has 0 saturated heterocycles. The molecule has 1 aromatic heterocycles. The highest BCUT2D eigenvalue weighted by Crippen LogP contribution is 2.56. The van der Waals surface area contributed by atoms with E-state index < -0.39 is 0 Å². The Kier molecular flexibility index (Phi) is 7.39. The molecule has 2 aliphatic carbocycles. The van der Waals surface area contributed by atoms with Crippen LogP contribution in [0.25, 0.3) is 0 Å². The van der Waals surface area contributed by atoms with Crippen molar-refractivity contribution >= 4 is 29.1 Å². The van der Waals surface area contributed by atoms with E-state index in [1.807, 2.05) is 25.2 Å². The van der Waals surface area contributed by atoms with Gasteiger partial charge in [0.05, 0.1) is 24.4 Å². The molecule has 1 heterocycles. The van der Waals surface area contributed by atoms with Crippen molar-refractivity contribution in [2.75, 3.05) is 49.4 Å². The number of hydrogen-bond acceptors (Lipinski definition) is 6. The second-order valence-corrected chi connectivity index (χ2v) is 9.49. The van der Waals surface area contributed by atoms with Crippen LogP contribution in [0.15, 0.2) is 36.5 Å². The third-order valence-electron chi connectivity index (χ3n) is 7.07. The van der Waals surface area contributed by atoms with Crippen LogP contribution >= 0.6 is 0 Å². The zero-order valence-electron chi connectivity index (χ0n) is 20.7. The van der Waals surface area contributed by atoms with Gasteiger partial charge in [0.1, 0.15) is 5.82 Å². The van der Waals surface area contributed by atoms with Gasteiger partial charge in [0.25, 0.3) is 5.91 Å². The van der Waals surface area contributed by atoms with Gasteiger partial charge in [-0.05, 0) is 80.2 Å². The molecule has 2 atom stereocenters. The van der Waals surface area contributed by atoms with E-state index in [0.29, 0.717) is 29.8 Å². The highest BCUT2D eigenvalue weighted by Gasteiger charge is 2.44. The monoisotopic (exact) mass is 464 g/mol. The van der Waals surface area contributed by atoms with Crippen molar-refractivity contribution in [3.8, 4) is 0 Å². The van der Waals surface area contributed by atoms with Gasteiger partial charge in [-0.3, -0.25) is 14.5 Å². The topological polar surface area (TPSA) is 74.8 Å². The molecule has 2 aromatic rings. The minimum absolute atomic E-state index is 0.115. The predicted octanol–water partition coefficient (Wildman–Crippen LogP) is 4.69. The fraction of sp³-hybridized carbons (Fsp3) is 0.519. The van der Waals surface area contributed by atoms with Gasteiger partial charge in [-0.1, -0.05) is 6.07 Å². The number of carbonyl (C=O) groups is 2. The Labute approximate surface area is 202 Å². The van der Waals surface area contributed by atoms with Crippen molar-refractivity contribution in [2.24, 2.45) is 11.8 Å². The number of ether oxygens (including phenoxy) is 1. The first-order chi connectivity index (χ1) is 16.4. The SMILES string of the molecule is CCOC(=O)CCN(C(=O)c1cc(NC)c(N(C)C)c(C2CCC2C2CC2)c1)c1ccccn1. The van der Waals surface area contributed by atoms with Crippen LogP contribution in [0.2, 0.25) is 0 Å². The van der Waals surface area contributed by atoms with E-state index in [-0.39, 0.29) is 24.8 Å². The van der Waals surface area contributed by atoms with Crippen molar-refractivity contribution in [3.63, 3.8) is 0 Å². The van der Waals surface area contributed by atoms with Crippen molar-refractivity contribution in [1.82, 2.24) is 4.98 Å². The van der Waals surface area contributed by atoms with E-state index in [2.05, 4.69) is 35.4 Å². The standard InChI is InChI=1S/C27H36N4O3/c1-5-34-25(32)13-15-31(24-8-6-7-14-29-24)27(33)19-16-22(21-12-11-20(21)18-9-10-18)26(30(3)4)23(17-19)28-2/h6-8,14,16-18,20-21,28H,5,9-13,15H2,1-4H3. The lowest BCUT2D eigenvalue weighted by molar-refractivity contribution is -0.142. The van der Waals surface area contributed by atoms with E-state index in [0.717, 1.165) is 23.7 Å². The van der Waals surface area contributed by atoms with E-state index in [9.17, 15) is 9.59 Å². The molecule has 1 amide bonds. The number of carbonyl (C=O) groups excluding carboxylic acids is 2. The van der Waals surface area contributed by atoms with Crippen molar-refractivity contribution < 1.29 is 14.3 Å². The number of amides is 1. The summed E-state index contributed by atoms with van der Waals surface area (Å²) in [6, 6.07) is 9.47. The van der Waals surface area contributed by atoms with Gasteiger partial charge in [0.15, 0.2) is 0 Å². The quantitative estimate of drug-likeness (QED) is 0.514. The van der Waals surface area contributed by atoms with Gasteiger partial charge in [-0.2, -0.15) is 0 Å². The van der Waals surface area contributed by atoms with Gasteiger partial charge in [-0.25, -0.2) is 4.98 Å². The number of aromatic nitrogens is 1. The summed E-state index contributed by atoms with van der Waals surface area (Å²) in [5.74, 6) is 2.07. The first-order valence-electron chi connectivity index (χ1n) is 12.4. The zero-order chi connectivity index (χ0) is 24.2. The number of hydrogen-bond donors (Lipinski definition) is 1. The first-order valence-corrected chi connectivity index (χ1v) is 12.4. The third kappa shape index (κ3) is 5.03. The van der Waals surface area contributed by atoms with Gasteiger partial charge in [0.2, 0.25) is 0 Å². The normalized spacial score (nSPS) is 19.2. The molecule has 0 radical (unpaired) electrons. The van der Waals surface area contributed by atoms with Crippen LogP contribution in [-0.2, 0) is 9.53 Å². The molecule has 182 valence electrons. The minimum Gasteiger partial charge on any atom is -0.466 e. The lowest BCUT2D eigenvalue weighted by Gasteiger charge is -2.40.